The average molecular weight is 287 g/mol. The molecule has 1 aromatic carbocycles. The van der Waals surface area contributed by atoms with E-state index in [4.69, 9.17) is 0 Å². The zero-order chi connectivity index (χ0) is 14.7. The van der Waals surface area contributed by atoms with Gasteiger partial charge in [0.05, 0.1) is 13.2 Å². The maximum absolute atomic E-state index is 12.3. The number of carbonyl (C=O) groups excluding carboxylic acids is 2. The van der Waals surface area contributed by atoms with Crippen molar-refractivity contribution in [3.63, 3.8) is 0 Å². The van der Waals surface area contributed by atoms with Gasteiger partial charge in [-0.2, -0.15) is 0 Å². The van der Waals surface area contributed by atoms with E-state index in [0.717, 1.165) is 13.1 Å². The summed E-state index contributed by atoms with van der Waals surface area (Å²) in [5.74, 6) is 0.146. The summed E-state index contributed by atoms with van der Waals surface area (Å²) in [6.07, 6.45) is 2.37. The first-order valence-corrected chi connectivity index (χ1v) is 7.58. The van der Waals surface area contributed by atoms with Crippen molar-refractivity contribution in [1.82, 2.24) is 14.7 Å². The van der Waals surface area contributed by atoms with Gasteiger partial charge in [-0.1, -0.05) is 18.2 Å². The lowest BCUT2D eigenvalue weighted by Gasteiger charge is -2.21. The van der Waals surface area contributed by atoms with Crippen molar-refractivity contribution in [1.29, 1.82) is 0 Å². The molecule has 0 saturated carbocycles. The molecule has 0 spiro atoms. The predicted molar refractivity (Wildman–Crippen MR) is 79.7 cm³/mol. The second kappa shape index (κ2) is 6.26. The molecule has 1 aromatic rings. The Labute approximate surface area is 125 Å². The summed E-state index contributed by atoms with van der Waals surface area (Å²) in [4.78, 5) is 30.3. The van der Waals surface area contributed by atoms with Crippen LogP contribution in [0.1, 0.15) is 23.2 Å². The highest BCUT2D eigenvalue weighted by Crippen LogP contribution is 2.13. The van der Waals surface area contributed by atoms with Gasteiger partial charge < -0.3 is 9.80 Å². The minimum Gasteiger partial charge on any atom is -0.322 e. The van der Waals surface area contributed by atoms with Crippen molar-refractivity contribution in [3.8, 4) is 0 Å². The van der Waals surface area contributed by atoms with Crippen molar-refractivity contribution in [2.45, 2.75) is 12.8 Å². The van der Waals surface area contributed by atoms with E-state index in [1.807, 2.05) is 30.3 Å². The Hall–Kier alpha value is -1.88. The van der Waals surface area contributed by atoms with E-state index in [-0.39, 0.29) is 11.8 Å². The highest BCUT2D eigenvalue weighted by atomic mass is 16.2. The summed E-state index contributed by atoms with van der Waals surface area (Å²) in [6, 6.07) is 9.25. The van der Waals surface area contributed by atoms with Crippen molar-refractivity contribution >= 4 is 11.8 Å². The summed E-state index contributed by atoms with van der Waals surface area (Å²) in [5.41, 5.74) is 0.686. The van der Waals surface area contributed by atoms with Crippen LogP contribution in [-0.2, 0) is 4.79 Å². The zero-order valence-corrected chi connectivity index (χ0v) is 12.2. The van der Waals surface area contributed by atoms with Gasteiger partial charge in [0.25, 0.3) is 5.91 Å². The molecule has 2 heterocycles. The van der Waals surface area contributed by atoms with E-state index in [1.165, 1.54) is 12.8 Å². The second-order valence-corrected chi connectivity index (χ2v) is 5.72. The molecule has 112 valence electrons. The molecule has 0 unspecified atom stereocenters. The topological polar surface area (TPSA) is 43.9 Å². The van der Waals surface area contributed by atoms with Crippen LogP contribution >= 0.6 is 0 Å². The van der Waals surface area contributed by atoms with Gasteiger partial charge >= 0.3 is 0 Å². The number of rotatable bonds is 3. The summed E-state index contributed by atoms with van der Waals surface area (Å²) >= 11 is 0. The Bertz CT molecular complexity index is 512. The fourth-order valence-electron chi connectivity index (χ4n) is 2.95. The molecule has 2 aliphatic rings. The highest BCUT2D eigenvalue weighted by Gasteiger charge is 2.29. The van der Waals surface area contributed by atoms with Crippen molar-refractivity contribution in [2.24, 2.45) is 0 Å². The minimum absolute atomic E-state index is 0.00655. The normalized spacial score (nSPS) is 19.2. The van der Waals surface area contributed by atoms with Crippen molar-refractivity contribution < 1.29 is 9.59 Å². The molecule has 0 aromatic heterocycles. The molecule has 0 aliphatic carbocycles. The maximum atomic E-state index is 12.3. The van der Waals surface area contributed by atoms with Gasteiger partial charge in [0.2, 0.25) is 5.91 Å². The zero-order valence-electron chi connectivity index (χ0n) is 12.2. The number of carbonyl (C=O) groups is 2. The van der Waals surface area contributed by atoms with Crippen molar-refractivity contribution in [2.75, 3.05) is 39.4 Å². The number of amides is 2. The lowest BCUT2D eigenvalue weighted by Crippen LogP contribution is -2.39. The van der Waals surface area contributed by atoms with Gasteiger partial charge in [-0.15, -0.1) is 0 Å². The van der Waals surface area contributed by atoms with Crippen LogP contribution in [0.25, 0.3) is 0 Å². The number of hydrogen-bond acceptors (Lipinski definition) is 3. The van der Waals surface area contributed by atoms with Crippen LogP contribution in [0.3, 0.4) is 0 Å². The Balaban J connectivity index is 1.55. The van der Waals surface area contributed by atoms with Crippen LogP contribution < -0.4 is 0 Å². The number of likely N-dealkylation sites (tertiary alicyclic amines) is 1. The van der Waals surface area contributed by atoms with Crippen LogP contribution in [-0.4, -0.2) is 65.9 Å². The summed E-state index contributed by atoms with van der Waals surface area (Å²) < 4.78 is 0. The van der Waals surface area contributed by atoms with Crippen molar-refractivity contribution in [3.05, 3.63) is 35.9 Å². The third kappa shape index (κ3) is 3.24. The molecule has 2 aliphatic heterocycles. The lowest BCUT2D eigenvalue weighted by molar-refractivity contribution is -0.131. The quantitative estimate of drug-likeness (QED) is 0.834. The SMILES string of the molecule is O=C(CN1CCCC1)N1CCN(C(=O)c2ccccc2)C1. The Morgan fingerprint density at radius 2 is 1.57 bits per heavy atom. The molecule has 0 N–H and O–H groups in total. The summed E-state index contributed by atoms with van der Waals surface area (Å²) in [5, 5.41) is 0. The molecule has 5 heteroatoms. The van der Waals surface area contributed by atoms with Crippen LogP contribution in [0.2, 0.25) is 0 Å². The van der Waals surface area contributed by atoms with Crippen LogP contribution in [0.5, 0.6) is 0 Å². The minimum atomic E-state index is 0.00655. The fraction of sp³-hybridized carbons (Fsp3) is 0.500. The van der Waals surface area contributed by atoms with E-state index in [1.54, 1.807) is 9.80 Å². The largest absolute Gasteiger partial charge is 0.322 e. The second-order valence-electron chi connectivity index (χ2n) is 5.72. The molecule has 21 heavy (non-hydrogen) atoms. The summed E-state index contributed by atoms with van der Waals surface area (Å²) in [7, 11) is 0. The molecule has 0 atom stereocenters. The van der Waals surface area contributed by atoms with Gasteiger partial charge in [0.15, 0.2) is 0 Å². The summed E-state index contributed by atoms with van der Waals surface area (Å²) in [6.45, 7) is 4.22. The highest BCUT2D eigenvalue weighted by molar-refractivity contribution is 5.94. The van der Waals surface area contributed by atoms with Gasteiger partial charge in [-0.25, -0.2) is 0 Å². The van der Waals surface area contributed by atoms with Gasteiger partial charge in [-0.3, -0.25) is 14.5 Å². The first-order valence-electron chi connectivity index (χ1n) is 7.58. The van der Waals surface area contributed by atoms with E-state index in [0.29, 0.717) is 31.9 Å². The molecule has 3 rings (SSSR count). The van der Waals surface area contributed by atoms with Crippen LogP contribution in [0, 0.1) is 0 Å². The van der Waals surface area contributed by atoms with Gasteiger partial charge in [0.1, 0.15) is 0 Å². The maximum Gasteiger partial charge on any atom is 0.255 e. The van der Waals surface area contributed by atoms with Gasteiger partial charge in [-0.05, 0) is 38.1 Å². The average Bonchev–Trinajstić information content (AvgIpc) is 3.18. The lowest BCUT2D eigenvalue weighted by atomic mass is 10.2. The molecule has 2 saturated heterocycles. The first-order chi connectivity index (χ1) is 10.2. The third-order valence-electron chi connectivity index (χ3n) is 4.20. The first kappa shape index (κ1) is 14.1. The van der Waals surface area contributed by atoms with Crippen LogP contribution in [0.4, 0.5) is 0 Å². The molecule has 2 amide bonds. The van der Waals surface area contributed by atoms with E-state index in [9.17, 15) is 9.59 Å². The predicted octanol–water partition coefficient (Wildman–Crippen LogP) is 1.02. The molecular formula is C16H21N3O2. The Morgan fingerprint density at radius 3 is 2.29 bits per heavy atom. The van der Waals surface area contributed by atoms with Gasteiger partial charge in [0, 0.05) is 18.7 Å². The monoisotopic (exact) mass is 287 g/mol. The fourth-order valence-corrected chi connectivity index (χ4v) is 2.95. The van der Waals surface area contributed by atoms with E-state index < -0.39 is 0 Å². The molecule has 0 radical (unpaired) electrons. The molecule has 0 bridgehead atoms. The smallest absolute Gasteiger partial charge is 0.255 e. The molecule has 2 fully saturated rings. The van der Waals surface area contributed by atoms with Crippen LogP contribution in [0.15, 0.2) is 30.3 Å². The van der Waals surface area contributed by atoms with E-state index in [2.05, 4.69) is 4.90 Å². The molecule has 5 nitrogen and oxygen atoms in total. The standard InChI is InChI=1S/C16H21N3O2/c20-15(12-17-8-4-5-9-17)18-10-11-19(13-18)16(21)14-6-2-1-3-7-14/h1-3,6-7H,4-5,8-13H2. The molecular weight excluding hydrogens is 266 g/mol. The Morgan fingerprint density at radius 1 is 0.905 bits per heavy atom. The third-order valence-corrected chi connectivity index (χ3v) is 4.20. The van der Waals surface area contributed by atoms with E-state index >= 15 is 0 Å². The number of benzene rings is 1. The number of nitrogens with zero attached hydrogens (tertiary/aromatic N) is 3. The Kier molecular flexibility index (Phi) is 4.20. The number of hydrogen-bond donors (Lipinski definition) is 0.